The van der Waals surface area contributed by atoms with Gasteiger partial charge in [0.15, 0.2) is 6.04 Å². The fraction of sp³-hybridized carbons (Fsp3) is 0.562. The lowest BCUT2D eigenvalue weighted by atomic mass is 9.79. The Kier molecular flexibility index (Phi) is 4.22. The van der Waals surface area contributed by atoms with Crippen LogP contribution in [-0.4, -0.2) is 56.5 Å². The zero-order valence-electron chi connectivity index (χ0n) is 12.8. The molecular formula is C16H20N2O4. The summed E-state index contributed by atoms with van der Waals surface area (Å²) in [6.45, 7) is 0.874. The van der Waals surface area contributed by atoms with E-state index in [1.165, 1.54) is 0 Å². The second-order valence-electron chi connectivity index (χ2n) is 5.75. The zero-order valence-corrected chi connectivity index (χ0v) is 12.8. The Morgan fingerprint density at radius 3 is 2.91 bits per heavy atom. The van der Waals surface area contributed by atoms with E-state index in [0.29, 0.717) is 12.2 Å². The summed E-state index contributed by atoms with van der Waals surface area (Å²) >= 11 is 0. The molecule has 2 unspecified atom stereocenters. The van der Waals surface area contributed by atoms with Crippen LogP contribution in [0.4, 0.5) is 0 Å². The zero-order chi connectivity index (χ0) is 15.7. The van der Waals surface area contributed by atoms with Gasteiger partial charge in [-0.05, 0) is 24.8 Å². The average Bonchev–Trinajstić information content (AvgIpc) is 2.87. The maximum Gasteiger partial charge on any atom is 0.332 e. The molecule has 0 spiro atoms. The number of hydrogen-bond acceptors (Lipinski definition) is 5. The SMILES string of the molecule is COCC1=C2C(=NC3=C2C(COC)CCC3)C=NC1C(=O)O. The number of allylic oxidation sites excluding steroid dienone is 2. The second-order valence-corrected chi connectivity index (χ2v) is 5.75. The van der Waals surface area contributed by atoms with Crippen molar-refractivity contribution in [2.75, 3.05) is 27.4 Å². The highest BCUT2D eigenvalue weighted by Crippen LogP contribution is 2.43. The molecule has 0 amide bonds. The maximum atomic E-state index is 11.5. The Morgan fingerprint density at radius 2 is 2.23 bits per heavy atom. The number of rotatable bonds is 5. The van der Waals surface area contributed by atoms with Crippen molar-refractivity contribution in [1.29, 1.82) is 0 Å². The number of carboxylic acid groups (broad SMARTS) is 1. The molecule has 118 valence electrons. The van der Waals surface area contributed by atoms with Crippen LogP contribution in [0.25, 0.3) is 0 Å². The third-order valence-electron chi connectivity index (χ3n) is 4.36. The van der Waals surface area contributed by atoms with E-state index < -0.39 is 12.0 Å². The third kappa shape index (κ3) is 2.42. The van der Waals surface area contributed by atoms with Gasteiger partial charge in [0.05, 0.1) is 18.9 Å². The number of nitrogens with zero attached hydrogens (tertiary/aromatic N) is 2. The molecule has 6 nitrogen and oxygen atoms in total. The Balaban J connectivity index is 2.09. The third-order valence-corrected chi connectivity index (χ3v) is 4.36. The highest BCUT2D eigenvalue weighted by Gasteiger charge is 2.38. The van der Waals surface area contributed by atoms with Gasteiger partial charge in [-0.3, -0.25) is 9.98 Å². The van der Waals surface area contributed by atoms with Gasteiger partial charge in [-0.2, -0.15) is 0 Å². The monoisotopic (exact) mass is 304 g/mol. The van der Waals surface area contributed by atoms with Gasteiger partial charge >= 0.3 is 5.97 Å². The molecule has 3 aliphatic rings. The second kappa shape index (κ2) is 6.14. The van der Waals surface area contributed by atoms with Gasteiger partial charge in [-0.15, -0.1) is 0 Å². The van der Waals surface area contributed by atoms with Crippen molar-refractivity contribution in [2.45, 2.75) is 25.3 Å². The molecule has 0 aromatic carbocycles. The normalized spacial score (nSPS) is 26.9. The van der Waals surface area contributed by atoms with Gasteiger partial charge in [0.2, 0.25) is 0 Å². The fourth-order valence-corrected chi connectivity index (χ4v) is 3.52. The van der Waals surface area contributed by atoms with E-state index in [2.05, 4.69) is 9.98 Å². The first kappa shape index (κ1) is 15.1. The molecule has 2 aliphatic heterocycles. The van der Waals surface area contributed by atoms with Crippen molar-refractivity contribution in [3.63, 3.8) is 0 Å². The Morgan fingerprint density at radius 1 is 1.41 bits per heavy atom. The van der Waals surface area contributed by atoms with Crippen molar-refractivity contribution in [2.24, 2.45) is 15.9 Å². The predicted molar refractivity (Wildman–Crippen MR) is 82.5 cm³/mol. The van der Waals surface area contributed by atoms with Crippen LogP contribution < -0.4 is 0 Å². The molecule has 0 aromatic heterocycles. The van der Waals surface area contributed by atoms with Gasteiger partial charge in [0.1, 0.15) is 0 Å². The number of fused-ring (bicyclic) bond motifs is 2. The van der Waals surface area contributed by atoms with E-state index in [1.54, 1.807) is 20.4 Å². The van der Waals surface area contributed by atoms with Crippen LogP contribution >= 0.6 is 0 Å². The molecule has 0 saturated carbocycles. The minimum Gasteiger partial charge on any atom is -0.479 e. The summed E-state index contributed by atoms with van der Waals surface area (Å²) in [6, 6.07) is -0.883. The lowest BCUT2D eigenvalue weighted by molar-refractivity contribution is -0.137. The summed E-state index contributed by atoms with van der Waals surface area (Å²) < 4.78 is 10.6. The van der Waals surface area contributed by atoms with Gasteiger partial charge < -0.3 is 14.6 Å². The van der Waals surface area contributed by atoms with E-state index in [0.717, 1.165) is 41.8 Å². The molecule has 0 aromatic rings. The molecule has 0 fully saturated rings. The van der Waals surface area contributed by atoms with E-state index in [1.807, 2.05) is 0 Å². The Hall–Kier alpha value is -1.79. The highest BCUT2D eigenvalue weighted by atomic mass is 16.5. The van der Waals surface area contributed by atoms with Crippen molar-refractivity contribution >= 4 is 17.9 Å². The molecule has 1 N–H and O–H groups in total. The topological polar surface area (TPSA) is 80.5 Å². The van der Waals surface area contributed by atoms with Gasteiger partial charge in [-0.25, -0.2) is 4.79 Å². The quantitative estimate of drug-likeness (QED) is 0.837. The molecule has 0 radical (unpaired) electrons. The minimum absolute atomic E-state index is 0.249. The number of methoxy groups -OCH3 is 2. The first-order chi connectivity index (χ1) is 10.7. The smallest absolute Gasteiger partial charge is 0.332 e. The van der Waals surface area contributed by atoms with Crippen LogP contribution in [0.15, 0.2) is 32.4 Å². The summed E-state index contributed by atoms with van der Waals surface area (Å²) in [6.07, 6.45) is 4.63. The summed E-state index contributed by atoms with van der Waals surface area (Å²) in [4.78, 5) is 20.3. The predicted octanol–water partition coefficient (Wildman–Crippen LogP) is 1.62. The number of hydrogen-bond donors (Lipinski definition) is 1. The molecule has 1 aliphatic carbocycles. The number of dihydropyridines is 1. The summed E-state index contributed by atoms with van der Waals surface area (Å²) in [5.74, 6) is -0.694. The fourth-order valence-electron chi connectivity index (χ4n) is 3.52. The van der Waals surface area contributed by atoms with Gasteiger partial charge in [0, 0.05) is 43.2 Å². The van der Waals surface area contributed by atoms with Crippen molar-refractivity contribution in [3.8, 4) is 0 Å². The first-order valence-electron chi connectivity index (χ1n) is 7.46. The lowest BCUT2D eigenvalue weighted by Gasteiger charge is -2.27. The van der Waals surface area contributed by atoms with Crippen LogP contribution in [-0.2, 0) is 14.3 Å². The van der Waals surface area contributed by atoms with Crippen LogP contribution in [0.3, 0.4) is 0 Å². The summed E-state index contributed by atoms with van der Waals surface area (Å²) in [5.41, 5.74) is 4.61. The number of carbonyl (C=O) groups is 1. The number of carboxylic acids is 1. The van der Waals surface area contributed by atoms with Crippen molar-refractivity contribution in [3.05, 3.63) is 22.4 Å². The number of aliphatic imine (C=N–C) groups is 2. The van der Waals surface area contributed by atoms with Crippen molar-refractivity contribution in [1.82, 2.24) is 0 Å². The standard InChI is InChI=1S/C16H20N2O4/c1-21-7-9-4-3-5-11-13(9)14-10(8-22-2)15(16(19)20)17-6-12(14)18-11/h6,9,15H,3-5,7-8H2,1-2H3,(H,19,20). The molecule has 3 rings (SSSR count). The van der Waals surface area contributed by atoms with Crippen molar-refractivity contribution < 1.29 is 19.4 Å². The maximum absolute atomic E-state index is 11.5. The molecule has 2 atom stereocenters. The summed E-state index contributed by atoms with van der Waals surface area (Å²) in [5, 5.41) is 9.44. The van der Waals surface area contributed by atoms with Crippen LogP contribution in [0, 0.1) is 5.92 Å². The van der Waals surface area contributed by atoms with Gasteiger partial charge in [0.25, 0.3) is 0 Å². The highest BCUT2D eigenvalue weighted by molar-refractivity contribution is 6.42. The van der Waals surface area contributed by atoms with E-state index in [4.69, 9.17) is 9.47 Å². The van der Waals surface area contributed by atoms with Crippen LogP contribution in [0.5, 0.6) is 0 Å². The molecule has 2 heterocycles. The van der Waals surface area contributed by atoms with Crippen LogP contribution in [0.2, 0.25) is 0 Å². The Labute approximate surface area is 129 Å². The molecular weight excluding hydrogens is 284 g/mol. The minimum atomic E-state index is -0.956. The molecule has 0 bridgehead atoms. The molecule has 22 heavy (non-hydrogen) atoms. The molecule has 6 heteroatoms. The van der Waals surface area contributed by atoms with Gasteiger partial charge in [-0.1, -0.05) is 0 Å². The first-order valence-corrected chi connectivity index (χ1v) is 7.46. The largest absolute Gasteiger partial charge is 0.479 e. The number of ether oxygens (including phenoxy) is 2. The summed E-state index contributed by atoms with van der Waals surface area (Å²) in [7, 11) is 3.26. The average molecular weight is 304 g/mol. The van der Waals surface area contributed by atoms with E-state index in [-0.39, 0.29) is 12.5 Å². The molecule has 0 saturated heterocycles. The van der Waals surface area contributed by atoms with Crippen LogP contribution in [0.1, 0.15) is 19.3 Å². The van der Waals surface area contributed by atoms with E-state index >= 15 is 0 Å². The van der Waals surface area contributed by atoms with E-state index in [9.17, 15) is 9.90 Å². The number of aliphatic carboxylic acids is 1. The lowest BCUT2D eigenvalue weighted by Crippen LogP contribution is -2.31. The Bertz CT molecular complexity index is 616.